The molecule has 0 amide bonds. The second kappa shape index (κ2) is 5.38. The summed E-state index contributed by atoms with van der Waals surface area (Å²) in [4.78, 5) is 12.9. The van der Waals surface area contributed by atoms with Crippen LogP contribution in [0, 0.1) is 0 Å². The van der Waals surface area contributed by atoms with Crippen LogP contribution >= 0.6 is 11.6 Å². The number of aryl methyl sites for hydroxylation is 1. The van der Waals surface area contributed by atoms with Crippen molar-refractivity contribution in [1.29, 1.82) is 0 Å². The third-order valence-electron chi connectivity index (χ3n) is 5.04. The SMILES string of the molecule is Cn1c2ccccc2c(=O)c2c(O)cc3c(c21)CC(C(C)(O)CCl)O3. The average Bonchev–Trinajstić information content (AvgIpc) is 3.03. The Hall–Kier alpha value is -2.24. The minimum atomic E-state index is -1.21. The highest BCUT2D eigenvalue weighted by Gasteiger charge is 2.39. The smallest absolute Gasteiger partial charge is 0.200 e. The van der Waals surface area contributed by atoms with Gasteiger partial charge in [0.25, 0.3) is 0 Å². The number of rotatable bonds is 2. The van der Waals surface area contributed by atoms with Gasteiger partial charge in [-0.05, 0) is 19.1 Å². The number of phenolic OH excluding ortho intramolecular Hbond substituents is 1. The molecule has 2 unspecified atom stereocenters. The fraction of sp³-hybridized carbons (Fsp3) is 0.316. The topological polar surface area (TPSA) is 71.7 Å². The molecule has 1 aliphatic rings. The van der Waals surface area contributed by atoms with Crippen molar-refractivity contribution in [3.8, 4) is 11.5 Å². The van der Waals surface area contributed by atoms with Crippen LogP contribution in [0.15, 0.2) is 35.1 Å². The van der Waals surface area contributed by atoms with Crippen LogP contribution in [-0.4, -0.2) is 32.4 Å². The molecule has 0 radical (unpaired) electrons. The Labute approximate surface area is 149 Å². The van der Waals surface area contributed by atoms with Crippen molar-refractivity contribution in [3.05, 3.63) is 46.1 Å². The van der Waals surface area contributed by atoms with E-state index in [1.165, 1.54) is 6.07 Å². The molecule has 0 fully saturated rings. The van der Waals surface area contributed by atoms with E-state index in [2.05, 4.69) is 0 Å². The minimum absolute atomic E-state index is 0.0252. The van der Waals surface area contributed by atoms with E-state index in [9.17, 15) is 15.0 Å². The Kier molecular flexibility index (Phi) is 3.49. The minimum Gasteiger partial charge on any atom is -0.507 e. The number of hydrogen-bond acceptors (Lipinski definition) is 4. The molecule has 25 heavy (non-hydrogen) atoms. The molecule has 2 aromatic carbocycles. The number of para-hydroxylation sites is 1. The summed E-state index contributed by atoms with van der Waals surface area (Å²) in [6, 6.07) is 8.75. The molecule has 4 rings (SSSR count). The van der Waals surface area contributed by atoms with Crippen molar-refractivity contribution in [3.63, 3.8) is 0 Å². The van der Waals surface area contributed by atoms with Crippen LogP contribution in [0.1, 0.15) is 12.5 Å². The highest BCUT2D eigenvalue weighted by atomic mass is 35.5. The van der Waals surface area contributed by atoms with E-state index < -0.39 is 11.7 Å². The van der Waals surface area contributed by atoms with Gasteiger partial charge in [-0.15, -0.1) is 11.6 Å². The van der Waals surface area contributed by atoms with E-state index in [1.807, 2.05) is 23.7 Å². The van der Waals surface area contributed by atoms with E-state index >= 15 is 0 Å². The number of aromatic hydroxyl groups is 1. The van der Waals surface area contributed by atoms with Gasteiger partial charge in [0.1, 0.15) is 23.2 Å². The first kappa shape index (κ1) is 16.2. The van der Waals surface area contributed by atoms with Crippen molar-refractivity contribution in [2.24, 2.45) is 7.05 Å². The standard InChI is InChI=1S/C19H18ClNO4/c1-19(24,9-20)15-7-11-14(25-15)8-13(22)16-17(11)21(2)12-6-4-3-5-10(12)18(16)23/h3-6,8,15,22,24H,7,9H2,1-2H3. The van der Waals surface area contributed by atoms with Gasteiger partial charge in [0.05, 0.1) is 22.3 Å². The molecule has 0 spiro atoms. The fourth-order valence-corrected chi connectivity index (χ4v) is 3.77. The number of hydrogen-bond donors (Lipinski definition) is 2. The molecule has 0 saturated carbocycles. The van der Waals surface area contributed by atoms with Crippen LogP contribution in [0.5, 0.6) is 11.5 Å². The van der Waals surface area contributed by atoms with Gasteiger partial charge in [0, 0.05) is 30.5 Å². The third kappa shape index (κ3) is 2.23. The Morgan fingerprint density at radius 2 is 2.12 bits per heavy atom. The number of benzene rings is 2. The summed E-state index contributed by atoms with van der Waals surface area (Å²) in [5.41, 5.74) is 0.787. The monoisotopic (exact) mass is 359 g/mol. The Bertz CT molecular complexity index is 1070. The lowest BCUT2D eigenvalue weighted by atomic mass is 9.95. The molecular weight excluding hydrogens is 342 g/mol. The number of aromatic nitrogens is 1. The molecular formula is C19H18ClNO4. The van der Waals surface area contributed by atoms with Crippen molar-refractivity contribution >= 4 is 33.4 Å². The molecule has 1 aromatic heterocycles. The van der Waals surface area contributed by atoms with E-state index in [0.29, 0.717) is 23.1 Å². The summed E-state index contributed by atoms with van der Waals surface area (Å²) in [5, 5.41) is 21.7. The summed E-state index contributed by atoms with van der Waals surface area (Å²) in [7, 11) is 1.86. The quantitative estimate of drug-likeness (QED) is 0.545. The highest BCUT2D eigenvalue weighted by molar-refractivity contribution is 6.18. The number of halogens is 1. The molecule has 2 heterocycles. The highest BCUT2D eigenvalue weighted by Crippen LogP contribution is 2.41. The largest absolute Gasteiger partial charge is 0.507 e. The van der Waals surface area contributed by atoms with E-state index in [4.69, 9.17) is 16.3 Å². The van der Waals surface area contributed by atoms with E-state index in [0.717, 1.165) is 11.1 Å². The number of aliphatic hydroxyl groups is 1. The lowest BCUT2D eigenvalue weighted by Gasteiger charge is -2.26. The van der Waals surface area contributed by atoms with E-state index in [1.54, 1.807) is 19.1 Å². The van der Waals surface area contributed by atoms with Gasteiger partial charge < -0.3 is 19.5 Å². The Balaban J connectivity index is 2.07. The van der Waals surface area contributed by atoms with Crippen molar-refractivity contribution in [2.45, 2.75) is 25.0 Å². The maximum absolute atomic E-state index is 12.9. The van der Waals surface area contributed by atoms with Gasteiger partial charge in [0.2, 0.25) is 5.43 Å². The first-order valence-electron chi connectivity index (χ1n) is 8.06. The predicted octanol–water partition coefficient (Wildman–Crippen LogP) is 2.69. The van der Waals surface area contributed by atoms with Gasteiger partial charge in [-0.2, -0.15) is 0 Å². The van der Waals surface area contributed by atoms with Crippen LogP contribution in [-0.2, 0) is 13.5 Å². The number of nitrogens with zero attached hydrogens (tertiary/aromatic N) is 1. The maximum atomic E-state index is 12.9. The summed E-state index contributed by atoms with van der Waals surface area (Å²) in [6.45, 7) is 1.62. The fourth-order valence-electron chi connectivity index (χ4n) is 3.60. The number of pyridine rings is 1. The zero-order chi connectivity index (χ0) is 17.9. The normalized spacial score (nSPS) is 19.0. The first-order chi connectivity index (χ1) is 11.8. The molecule has 130 valence electrons. The maximum Gasteiger partial charge on any atom is 0.200 e. The molecule has 3 aromatic rings. The van der Waals surface area contributed by atoms with Crippen LogP contribution < -0.4 is 10.2 Å². The lowest BCUT2D eigenvalue weighted by Crippen LogP contribution is -2.44. The second-order valence-electron chi connectivity index (χ2n) is 6.80. The summed E-state index contributed by atoms with van der Waals surface area (Å²) in [5.74, 6) is 0.384. The first-order valence-corrected chi connectivity index (χ1v) is 8.60. The molecule has 2 atom stereocenters. The lowest BCUT2D eigenvalue weighted by molar-refractivity contribution is -0.0201. The average molecular weight is 360 g/mol. The number of phenols is 1. The Morgan fingerprint density at radius 3 is 2.84 bits per heavy atom. The predicted molar refractivity (Wildman–Crippen MR) is 97.8 cm³/mol. The Morgan fingerprint density at radius 1 is 1.40 bits per heavy atom. The van der Waals surface area contributed by atoms with Crippen LogP contribution in [0.25, 0.3) is 21.8 Å². The molecule has 0 bridgehead atoms. The van der Waals surface area contributed by atoms with Crippen molar-refractivity contribution < 1.29 is 14.9 Å². The van der Waals surface area contributed by atoms with Crippen LogP contribution in [0.4, 0.5) is 0 Å². The zero-order valence-corrected chi connectivity index (χ0v) is 14.7. The summed E-state index contributed by atoms with van der Waals surface area (Å²) < 4.78 is 7.74. The van der Waals surface area contributed by atoms with Crippen molar-refractivity contribution in [1.82, 2.24) is 4.57 Å². The number of alkyl halides is 1. The second-order valence-corrected chi connectivity index (χ2v) is 7.07. The molecule has 5 nitrogen and oxygen atoms in total. The van der Waals surface area contributed by atoms with Gasteiger partial charge in [-0.3, -0.25) is 4.79 Å². The molecule has 2 N–H and O–H groups in total. The number of fused-ring (bicyclic) bond motifs is 4. The van der Waals surface area contributed by atoms with Gasteiger partial charge in [-0.25, -0.2) is 0 Å². The van der Waals surface area contributed by atoms with Gasteiger partial charge in [0.15, 0.2) is 0 Å². The molecule has 6 heteroatoms. The zero-order valence-electron chi connectivity index (χ0n) is 13.9. The van der Waals surface area contributed by atoms with E-state index in [-0.39, 0.29) is 22.4 Å². The molecule has 0 aliphatic carbocycles. The molecule has 0 saturated heterocycles. The third-order valence-corrected chi connectivity index (χ3v) is 5.58. The van der Waals surface area contributed by atoms with Gasteiger partial charge >= 0.3 is 0 Å². The summed E-state index contributed by atoms with van der Waals surface area (Å²) in [6.07, 6.45) is -0.121. The molecule has 1 aliphatic heterocycles. The van der Waals surface area contributed by atoms with Crippen LogP contribution in [0.2, 0.25) is 0 Å². The van der Waals surface area contributed by atoms with Crippen molar-refractivity contribution in [2.75, 3.05) is 5.88 Å². The van der Waals surface area contributed by atoms with Crippen LogP contribution in [0.3, 0.4) is 0 Å². The number of ether oxygens (including phenoxy) is 1. The summed E-state index contributed by atoms with van der Waals surface area (Å²) >= 11 is 5.87. The van der Waals surface area contributed by atoms with Gasteiger partial charge in [-0.1, -0.05) is 12.1 Å².